The number of hydrogen-bond donors (Lipinski definition) is 2. The van der Waals surface area contributed by atoms with Crippen LogP contribution >= 0.6 is 11.3 Å². The van der Waals surface area contributed by atoms with Gasteiger partial charge in [0.2, 0.25) is 17.7 Å². The van der Waals surface area contributed by atoms with Gasteiger partial charge in [-0.3, -0.25) is 34.0 Å². The predicted octanol–water partition coefficient (Wildman–Crippen LogP) is 5.65. The maximum absolute atomic E-state index is 14.7. The first kappa shape index (κ1) is 50.4. The lowest BCUT2D eigenvalue weighted by atomic mass is 9.84. The average Bonchev–Trinajstić information content (AvgIpc) is 4.07. The van der Waals surface area contributed by atoms with Gasteiger partial charge < -0.3 is 34.1 Å². The Morgan fingerprint density at radius 2 is 1.88 bits per heavy atom. The minimum Gasteiger partial charge on any atom is -0.464 e. The lowest BCUT2D eigenvalue weighted by Crippen LogP contribution is -2.62. The van der Waals surface area contributed by atoms with Crippen LogP contribution in [0.2, 0.25) is 0 Å². The van der Waals surface area contributed by atoms with E-state index in [1.165, 1.54) is 21.2 Å². The predicted molar refractivity (Wildman–Crippen MR) is 263 cm³/mol. The van der Waals surface area contributed by atoms with Crippen molar-refractivity contribution in [2.75, 3.05) is 61.0 Å². The molecule has 4 amide bonds. The highest BCUT2D eigenvalue weighted by atomic mass is 32.1. The smallest absolute Gasteiger partial charge is 0.324 e. The Kier molecular flexibility index (Phi) is 15.9. The molecule has 3 aromatic heterocycles. The third-order valence-electron chi connectivity index (χ3n) is 13.4. The van der Waals surface area contributed by atoms with Crippen LogP contribution in [-0.4, -0.2) is 143 Å². The standard InChI is InChI=1S/C51H69N9O7S/c1-11-59-41-19-18-33-25-36(41)37(46(59)35-15-12-21-52-44(35)32(4)66-10)27-51(5,6)30-67-50(65)38-16-13-23-60(55-38)49(64)39(26-42-53-40(33)29-68-42)54-47(62)45(31(2)3)57(9)48(63)34-20-24-58(28-34)43(61)17-14-22-56(7)8/h12,14-15,17-19,21,25,29,31-32,34,38-39,45,55H,11,13,16,20,22-24,26-28,30H2,1-10H3,(H,54,62)/b17-14+/t32-,34-,38-,39-,45-/m0/s1. The summed E-state index contributed by atoms with van der Waals surface area (Å²) in [7, 11) is 7.15. The summed E-state index contributed by atoms with van der Waals surface area (Å²) in [6.07, 6.45) is 7.02. The van der Waals surface area contributed by atoms with Crippen LogP contribution in [0.25, 0.3) is 33.4 Å². The first-order valence-electron chi connectivity index (χ1n) is 23.9. The molecule has 0 saturated carbocycles. The number of nitrogens with one attached hydrogen (secondary N) is 2. The summed E-state index contributed by atoms with van der Waals surface area (Å²) in [5.41, 5.74) is 9.27. The van der Waals surface area contributed by atoms with Crippen molar-refractivity contribution < 1.29 is 33.4 Å². The van der Waals surface area contributed by atoms with Gasteiger partial charge in [-0.05, 0) is 89.4 Å². The minimum absolute atomic E-state index is 0.0750. The van der Waals surface area contributed by atoms with E-state index in [-0.39, 0.29) is 43.4 Å². The number of cyclic esters (lactones) is 1. The number of rotatable bonds is 12. The number of nitrogens with zero attached hydrogens (tertiary/aromatic N) is 7. The number of pyridine rings is 1. The number of esters is 1. The van der Waals surface area contributed by atoms with Gasteiger partial charge in [0.15, 0.2) is 0 Å². The lowest BCUT2D eigenvalue weighted by molar-refractivity contribution is -0.155. The highest BCUT2D eigenvalue weighted by molar-refractivity contribution is 7.10. The molecule has 366 valence electrons. The van der Waals surface area contributed by atoms with E-state index < -0.39 is 47.2 Å². The lowest BCUT2D eigenvalue weighted by Gasteiger charge is -2.36. The second-order valence-electron chi connectivity index (χ2n) is 19.8. The van der Waals surface area contributed by atoms with Crippen molar-refractivity contribution in [3.8, 4) is 22.5 Å². The van der Waals surface area contributed by atoms with E-state index in [1.807, 2.05) is 51.2 Å². The van der Waals surface area contributed by atoms with Gasteiger partial charge in [-0.25, -0.2) is 10.4 Å². The zero-order chi connectivity index (χ0) is 49.0. The van der Waals surface area contributed by atoms with Crippen LogP contribution in [0, 0.1) is 17.3 Å². The summed E-state index contributed by atoms with van der Waals surface area (Å²) in [6.45, 7) is 14.5. The zero-order valence-electron chi connectivity index (χ0n) is 41.3. The molecule has 2 saturated heterocycles. The molecule has 68 heavy (non-hydrogen) atoms. The van der Waals surface area contributed by atoms with E-state index in [0.717, 1.165) is 44.7 Å². The number of carbonyl (C=O) groups excluding carboxylic acids is 5. The van der Waals surface area contributed by atoms with Gasteiger partial charge in [-0.15, -0.1) is 11.3 Å². The molecule has 3 aliphatic rings. The van der Waals surface area contributed by atoms with Crippen molar-refractivity contribution in [2.24, 2.45) is 17.3 Å². The number of aromatic nitrogens is 3. The fourth-order valence-corrected chi connectivity index (χ4v) is 10.7. The van der Waals surface area contributed by atoms with E-state index in [0.29, 0.717) is 56.9 Å². The summed E-state index contributed by atoms with van der Waals surface area (Å²) in [6, 6.07) is 7.63. The number of methoxy groups -OCH3 is 1. The van der Waals surface area contributed by atoms with Crippen molar-refractivity contribution in [3.63, 3.8) is 0 Å². The summed E-state index contributed by atoms with van der Waals surface area (Å²) in [5, 5.41) is 8.12. The third kappa shape index (κ3) is 11.0. The third-order valence-corrected chi connectivity index (χ3v) is 14.3. The number of fused-ring (bicyclic) bond motifs is 6. The molecule has 17 heteroatoms. The first-order chi connectivity index (χ1) is 32.4. The molecule has 3 aliphatic heterocycles. The second-order valence-corrected chi connectivity index (χ2v) is 20.8. The number of benzene rings is 1. The van der Waals surface area contributed by atoms with Crippen LogP contribution in [0.3, 0.4) is 0 Å². The van der Waals surface area contributed by atoms with Crippen LogP contribution < -0.4 is 10.7 Å². The maximum Gasteiger partial charge on any atom is 0.324 e. The number of amides is 4. The average molecular weight is 952 g/mol. The Morgan fingerprint density at radius 3 is 2.60 bits per heavy atom. The molecule has 5 atom stereocenters. The van der Waals surface area contributed by atoms with Crippen molar-refractivity contribution in [1.82, 2.24) is 45.0 Å². The summed E-state index contributed by atoms with van der Waals surface area (Å²) >= 11 is 1.41. The molecule has 4 aromatic rings. The van der Waals surface area contributed by atoms with E-state index in [4.69, 9.17) is 19.4 Å². The van der Waals surface area contributed by atoms with E-state index in [1.54, 1.807) is 37.4 Å². The van der Waals surface area contributed by atoms with Crippen LogP contribution in [0.15, 0.2) is 54.1 Å². The molecule has 6 heterocycles. The van der Waals surface area contributed by atoms with Crippen molar-refractivity contribution in [2.45, 2.75) is 104 Å². The molecule has 16 nitrogen and oxygen atoms in total. The van der Waals surface area contributed by atoms with Crippen LogP contribution in [0.4, 0.5) is 0 Å². The molecule has 1 aromatic carbocycles. The Labute approximate surface area is 404 Å². The Morgan fingerprint density at radius 1 is 1.10 bits per heavy atom. The number of hydrogen-bond acceptors (Lipinski definition) is 12. The molecule has 0 aliphatic carbocycles. The molecule has 0 spiro atoms. The van der Waals surface area contributed by atoms with Gasteiger partial charge in [0.05, 0.1) is 40.7 Å². The molecule has 2 fully saturated rings. The normalized spacial score (nSPS) is 21.0. The number of likely N-dealkylation sites (N-methyl/N-ethyl adjacent to an activating group) is 2. The summed E-state index contributed by atoms with van der Waals surface area (Å²) < 4.78 is 14.2. The number of ether oxygens (including phenoxy) is 2. The van der Waals surface area contributed by atoms with Crippen LogP contribution in [0.1, 0.15) is 83.2 Å². The fraction of sp³-hybridized carbons (Fsp3) is 0.549. The van der Waals surface area contributed by atoms with Crippen molar-refractivity contribution >= 4 is 51.8 Å². The zero-order valence-corrected chi connectivity index (χ0v) is 42.2. The minimum atomic E-state index is -1.08. The van der Waals surface area contributed by atoms with Gasteiger partial charge in [-0.2, -0.15) is 0 Å². The topological polar surface area (TPSA) is 172 Å². The van der Waals surface area contributed by atoms with E-state index in [9.17, 15) is 24.0 Å². The monoisotopic (exact) mass is 952 g/mol. The Balaban J connectivity index is 1.22. The van der Waals surface area contributed by atoms with Crippen molar-refractivity contribution in [3.05, 3.63) is 70.3 Å². The highest BCUT2D eigenvalue weighted by Crippen LogP contribution is 2.42. The number of aryl methyl sites for hydroxylation is 1. The highest BCUT2D eigenvalue weighted by Gasteiger charge is 2.40. The van der Waals surface area contributed by atoms with Crippen LogP contribution in [0.5, 0.6) is 0 Å². The largest absolute Gasteiger partial charge is 0.464 e. The summed E-state index contributed by atoms with van der Waals surface area (Å²) in [5.74, 6) is -2.53. The quantitative estimate of drug-likeness (QED) is 0.133. The van der Waals surface area contributed by atoms with Crippen LogP contribution in [-0.2, 0) is 52.8 Å². The number of carbonyl (C=O) groups is 5. The Bertz CT molecular complexity index is 2530. The van der Waals surface area contributed by atoms with Gasteiger partial charge in [0.25, 0.3) is 5.91 Å². The molecule has 6 bridgehead atoms. The molecule has 0 radical (unpaired) electrons. The number of likely N-dealkylation sites (tertiary alicyclic amines) is 1. The number of hydrazine groups is 1. The molecular formula is C51H69N9O7S. The first-order valence-corrected chi connectivity index (χ1v) is 24.8. The van der Waals surface area contributed by atoms with Crippen molar-refractivity contribution in [1.29, 1.82) is 0 Å². The molecule has 7 rings (SSSR count). The van der Waals surface area contributed by atoms with E-state index in [2.05, 4.69) is 60.3 Å². The van der Waals surface area contributed by atoms with Gasteiger partial charge >= 0.3 is 5.97 Å². The number of thiazole rings is 1. The van der Waals surface area contributed by atoms with Gasteiger partial charge in [0.1, 0.15) is 18.1 Å². The Hall–Kier alpha value is -5.49. The van der Waals surface area contributed by atoms with E-state index >= 15 is 0 Å². The maximum atomic E-state index is 14.7. The molecule has 0 unspecified atom stereocenters. The van der Waals surface area contributed by atoms with Gasteiger partial charge in [-0.1, -0.05) is 39.8 Å². The summed E-state index contributed by atoms with van der Waals surface area (Å²) in [4.78, 5) is 85.1. The molecule has 2 N–H and O–H groups in total. The SMILES string of the molecule is CCn1c(-c2cccnc2[C@H](C)OC)c2c3cc(ccc31)-c1csc(n1)C[C@H](NC(=O)[C@H](C(C)C)N(C)C(=O)[C@H]1CCN(C(=O)/C=C/CN(C)C)C1)C(=O)N1CCC[C@H](N1)C(=O)OCC(C)(C)C2. The molecular weight excluding hydrogens is 883 g/mol. The second kappa shape index (κ2) is 21.4. The fourth-order valence-electron chi connectivity index (χ4n) is 9.80. The van der Waals surface area contributed by atoms with Gasteiger partial charge in [0, 0.05) is 98.4 Å².